The standard InChI is InChI=1S/C16H16FNO/c1-10-6-11-4-5-18-9-12(11)7-14(10)15-8-13(19)2-3-16(15)17/h2-3,6-8,18-19H,4-5,9H2,1H3. The van der Waals surface area contributed by atoms with E-state index in [9.17, 15) is 9.50 Å². The maximum absolute atomic E-state index is 13.9. The van der Waals surface area contributed by atoms with Crippen molar-refractivity contribution in [2.75, 3.05) is 6.54 Å². The van der Waals surface area contributed by atoms with Crippen LogP contribution in [0.25, 0.3) is 11.1 Å². The van der Waals surface area contributed by atoms with Crippen molar-refractivity contribution >= 4 is 0 Å². The third-order valence-corrected chi connectivity index (χ3v) is 3.67. The molecule has 2 aromatic carbocycles. The Labute approximate surface area is 111 Å². The highest BCUT2D eigenvalue weighted by atomic mass is 19.1. The summed E-state index contributed by atoms with van der Waals surface area (Å²) >= 11 is 0. The summed E-state index contributed by atoms with van der Waals surface area (Å²) in [6, 6.07) is 8.33. The van der Waals surface area contributed by atoms with Gasteiger partial charge in [0.1, 0.15) is 11.6 Å². The molecule has 0 saturated heterocycles. The zero-order chi connectivity index (χ0) is 13.4. The van der Waals surface area contributed by atoms with Gasteiger partial charge >= 0.3 is 0 Å². The van der Waals surface area contributed by atoms with E-state index in [4.69, 9.17) is 0 Å². The number of benzene rings is 2. The molecule has 0 fully saturated rings. The first kappa shape index (κ1) is 12.2. The Morgan fingerprint density at radius 1 is 1.11 bits per heavy atom. The second kappa shape index (κ2) is 4.67. The Balaban J connectivity index is 2.17. The van der Waals surface area contributed by atoms with Gasteiger partial charge in [0.25, 0.3) is 0 Å². The van der Waals surface area contributed by atoms with Gasteiger partial charge in [-0.15, -0.1) is 0 Å². The lowest BCUT2D eigenvalue weighted by Crippen LogP contribution is -2.23. The first-order valence-electron chi connectivity index (χ1n) is 6.47. The van der Waals surface area contributed by atoms with Crippen LogP contribution in [0.1, 0.15) is 16.7 Å². The fraction of sp³-hybridized carbons (Fsp3) is 0.250. The first-order chi connectivity index (χ1) is 9.15. The van der Waals surface area contributed by atoms with Crippen molar-refractivity contribution in [2.45, 2.75) is 19.9 Å². The molecule has 0 atom stereocenters. The maximum Gasteiger partial charge on any atom is 0.131 e. The highest BCUT2D eigenvalue weighted by molar-refractivity contribution is 5.70. The minimum absolute atomic E-state index is 0.0895. The third-order valence-electron chi connectivity index (χ3n) is 3.67. The monoisotopic (exact) mass is 257 g/mol. The number of fused-ring (bicyclic) bond motifs is 1. The molecule has 0 aliphatic carbocycles. The van der Waals surface area contributed by atoms with Gasteiger partial charge < -0.3 is 10.4 Å². The zero-order valence-corrected chi connectivity index (χ0v) is 10.8. The average Bonchev–Trinajstić information content (AvgIpc) is 2.41. The molecule has 2 N–H and O–H groups in total. The van der Waals surface area contributed by atoms with E-state index >= 15 is 0 Å². The van der Waals surface area contributed by atoms with Crippen molar-refractivity contribution in [3.63, 3.8) is 0 Å². The highest BCUT2D eigenvalue weighted by Gasteiger charge is 2.14. The lowest BCUT2D eigenvalue weighted by Gasteiger charge is -2.20. The molecule has 2 nitrogen and oxygen atoms in total. The Kier molecular flexibility index (Phi) is 2.99. The molecular weight excluding hydrogens is 241 g/mol. The van der Waals surface area contributed by atoms with Crippen LogP contribution in [0.3, 0.4) is 0 Å². The first-order valence-corrected chi connectivity index (χ1v) is 6.47. The molecule has 1 heterocycles. The number of rotatable bonds is 1. The maximum atomic E-state index is 13.9. The molecule has 1 aliphatic rings. The Bertz CT molecular complexity index is 637. The minimum atomic E-state index is -0.301. The lowest BCUT2D eigenvalue weighted by molar-refractivity contribution is 0.473. The average molecular weight is 257 g/mol. The van der Waals surface area contributed by atoms with Crippen LogP contribution in [-0.2, 0) is 13.0 Å². The molecule has 1 aliphatic heterocycles. The van der Waals surface area contributed by atoms with Gasteiger partial charge in [0.15, 0.2) is 0 Å². The summed E-state index contributed by atoms with van der Waals surface area (Å²) in [5.41, 5.74) is 4.92. The molecule has 0 unspecified atom stereocenters. The van der Waals surface area contributed by atoms with Crippen molar-refractivity contribution in [3.05, 3.63) is 52.8 Å². The Morgan fingerprint density at radius 2 is 1.95 bits per heavy atom. The van der Waals surface area contributed by atoms with E-state index in [0.717, 1.165) is 30.6 Å². The van der Waals surface area contributed by atoms with E-state index in [1.165, 1.54) is 29.3 Å². The molecule has 19 heavy (non-hydrogen) atoms. The SMILES string of the molecule is Cc1cc2c(cc1-c1cc(O)ccc1F)CNCC2. The second-order valence-corrected chi connectivity index (χ2v) is 5.03. The lowest BCUT2D eigenvalue weighted by atomic mass is 9.91. The van der Waals surface area contributed by atoms with Crippen molar-refractivity contribution in [2.24, 2.45) is 0 Å². The van der Waals surface area contributed by atoms with E-state index in [1.54, 1.807) is 0 Å². The minimum Gasteiger partial charge on any atom is -0.508 e. The van der Waals surface area contributed by atoms with Crippen LogP contribution in [0.4, 0.5) is 4.39 Å². The summed E-state index contributed by atoms with van der Waals surface area (Å²) in [6.07, 6.45) is 1.01. The number of phenols is 1. The predicted octanol–water partition coefficient (Wildman–Crippen LogP) is 3.15. The van der Waals surface area contributed by atoms with Crippen LogP contribution in [0.15, 0.2) is 30.3 Å². The summed E-state index contributed by atoms with van der Waals surface area (Å²) in [5.74, 6) is -0.212. The van der Waals surface area contributed by atoms with Crippen LogP contribution in [0.2, 0.25) is 0 Å². The molecule has 0 radical (unpaired) electrons. The van der Waals surface area contributed by atoms with E-state index < -0.39 is 0 Å². The van der Waals surface area contributed by atoms with Crippen molar-refractivity contribution in [1.82, 2.24) is 5.32 Å². The summed E-state index contributed by atoms with van der Waals surface area (Å²) in [4.78, 5) is 0. The smallest absolute Gasteiger partial charge is 0.131 e. The summed E-state index contributed by atoms with van der Waals surface area (Å²) in [5, 5.41) is 12.9. The van der Waals surface area contributed by atoms with Gasteiger partial charge in [-0.05, 0) is 66.4 Å². The zero-order valence-electron chi connectivity index (χ0n) is 10.8. The number of aryl methyl sites for hydroxylation is 1. The van der Waals surface area contributed by atoms with Crippen LogP contribution in [-0.4, -0.2) is 11.7 Å². The Hall–Kier alpha value is -1.87. The number of halogens is 1. The van der Waals surface area contributed by atoms with Crippen molar-refractivity contribution < 1.29 is 9.50 Å². The Morgan fingerprint density at radius 3 is 2.79 bits per heavy atom. The molecule has 2 aromatic rings. The molecule has 0 saturated carbocycles. The number of aromatic hydroxyl groups is 1. The third kappa shape index (κ3) is 2.22. The topological polar surface area (TPSA) is 32.3 Å². The summed E-state index contributed by atoms with van der Waals surface area (Å²) in [7, 11) is 0. The van der Waals surface area contributed by atoms with Gasteiger partial charge in [0.2, 0.25) is 0 Å². The number of nitrogens with one attached hydrogen (secondary N) is 1. The van der Waals surface area contributed by atoms with Gasteiger partial charge in [-0.3, -0.25) is 0 Å². The largest absolute Gasteiger partial charge is 0.508 e. The molecule has 98 valence electrons. The molecule has 3 rings (SSSR count). The van der Waals surface area contributed by atoms with Crippen molar-refractivity contribution in [3.8, 4) is 16.9 Å². The van der Waals surface area contributed by atoms with E-state index in [0.29, 0.717) is 5.56 Å². The fourth-order valence-corrected chi connectivity index (χ4v) is 2.67. The molecule has 0 bridgehead atoms. The quantitative estimate of drug-likeness (QED) is 0.822. The number of hydrogen-bond donors (Lipinski definition) is 2. The van der Waals surface area contributed by atoms with Crippen LogP contribution < -0.4 is 5.32 Å². The van der Waals surface area contributed by atoms with E-state index in [-0.39, 0.29) is 11.6 Å². The van der Waals surface area contributed by atoms with Gasteiger partial charge in [-0.25, -0.2) is 4.39 Å². The van der Waals surface area contributed by atoms with Gasteiger partial charge in [-0.2, -0.15) is 0 Å². The number of phenolic OH excluding ortho intramolecular Hbond substituents is 1. The van der Waals surface area contributed by atoms with Crippen molar-refractivity contribution in [1.29, 1.82) is 0 Å². The van der Waals surface area contributed by atoms with E-state index in [2.05, 4.69) is 11.4 Å². The van der Waals surface area contributed by atoms with Crippen LogP contribution in [0, 0.1) is 12.7 Å². The molecule has 0 aromatic heterocycles. The fourth-order valence-electron chi connectivity index (χ4n) is 2.67. The molecular formula is C16H16FNO. The number of hydrogen-bond acceptors (Lipinski definition) is 2. The van der Waals surface area contributed by atoms with Gasteiger partial charge in [-0.1, -0.05) is 6.07 Å². The summed E-state index contributed by atoms with van der Waals surface area (Å²) < 4.78 is 13.9. The van der Waals surface area contributed by atoms with E-state index in [1.807, 2.05) is 13.0 Å². The molecule has 3 heteroatoms. The predicted molar refractivity (Wildman–Crippen MR) is 73.6 cm³/mol. The second-order valence-electron chi connectivity index (χ2n) is 5.03. The summed E-state index contributed by atoms with van der Waals surface area (Å²) in [6.45, 7) is 3.80. The molecule has 0 spiro atoms. The van der Waals surface area contributed by atoms with Crippen LogP contribution >= 0.6 is 0 Å². The van der Waals surface area contributed by atoms with Gasteiger partial charge in [0.05, 0.1) is 0 Å². The van der Waals surface area contributed by atoms with Gasteiger partial charge in [0, 0.05) is 12.1 Å². The van der Waals surface area contributed by atoms with Crippen LogP contribution in [0.5, 0.6) is 5.75 Å². The molecule has 0 amide bonds. The normalized spacial score (nSPS) is 14.2. The highest BCUT2D eigenvalue weighted by Crippen LogP contribution is 2.32.